The molecule has 0 atom stereocenters. The molecule has 1 aromatic heterocycles. The number of hydrogen-bond acceptors (Lipinski definition) is 3. The number of benzene rings is 2. The zero-order chi connectivity index (χ0) is 17.9. The summed E-state index contributed by atoms with van der Waals surface area (Å²) in [7, 11) is 0. The van der Waals surface area contributed by atoms with Crippen molar-refractivity contribution in [2.24, 2.45) is 0 Å². The van der Waals surface area contributed by atoms with Crippen LogP contribution < -0.4 is 10.5 Å². The van der Waals surface area contributed by atoms with Gasteiger partial charge in [0.2, 0.25) is 0 Å². The van der Waals surface area contributed by atoms with Gasteiger partial charge in [-0.1, -0.05) is 30.3 Å². The highest BCUT2D eigenvalue weighted by Gasteiger charge is 2.34. The molecule has 2 N–H and O–H groups in total. The standard InChI is InChI=1S/C19H15F3N2O/c20-19(21,22)17-10-15(23)11-24-18(17)14-6-8-16(9-7-14)25-12-13-4-2-1-3-5-13/h1-11H,12,23H2. The molecule has 0 radical (unpaired) electrons. The van der Waals surface area contributed by atoms with E-state index < -0.39 is 11.7 Å². The van der Waals surface area contributed by atoms with Crippen LogP contribution >= 0.6 is 0 Å². The average Bonchev–Trinajstić information content (AvgIpc) is 2.61. The first kappa shape index (κ1) is 16.8. The van der Waals surface area contributed by atoms with Gasteiger partial charge < -0.3 is 10.5 Å². The highest BCUT2D eigenvalue weighted by atomic mass is 19.4. The maximum absolute atomic E-state index is 13.2. The SMILES string of the molecule is Nc1cnc(-c2ccc(OCc3ccccc3)cc2)c(C(F)(F)F)c1. The van der Waals surface area contributed by atoms with Crippen LogP contribution in [0.4, 0.5) is 18.9 Å². The number of aromatic nitrogens is 1. The van der Waals surface area contributed by atoms with Crippen molar-refractivity contribution in [3.8, 4) is 17.0 Å². The lowest BCUT2D eigenvalue weighted by Crippen LogP contribution is -2.09. The number of ether oxygens (including phenoxy) is 1. The predicted octanol–water partition coefficient (Wildman–Crippen LogP) is 4.93. The van der Waals surface area contributed by atoms with Crippen LogP contribution in [0.25, 0.3) is 11.3 Å². The summed E-state index contributed by atoms with van der Waals surface area (Å²) in [5.41, 5.74) is 5.75. The molecular formula is C19H15F3N2O. The smallest absolute Gasteiger partial charge is 0.418 e. The molecule has 2 aromatic carbocycles. The number of pyridine rings is 1. The van der Waals surface area contributed by atoms with Gasteiger partial charge >= 0.3 is 6.18 Å². The minimum absolute atomic E-state index is 0.0288. The second-order valence-corrected chi connectivity index (χ2v) is 5.46. The Labute approximate surface area is 142 Å². The Morgan fingerprint density at radius 3 is 2.28 bits per heavy atom. The van der Waals surface area contributed by atoms with Crippen LogP contribution in [-0.2, 0) is 12.8 Å². The molecule has 0 saturated carbocycles. The molecule has 0 fully saturated rings. The molecule has 0 aliphatic carbocycles. The quantitative estimate of drug-likeness (QED) is 0.730. The van der Waals surface area contributed by atoms with Gasteiger partial charge in [-0.3, -0.25) is 4.98 Å². The first-order chi connectivity index (χ1) is 11.9. The number of nitrogens with two attached hydrogens (primary N) is 1. The molecule has 6 heteroatoms. The Balaban J connectivity index is 1.81. The summed E-state index contributed by atoms with van der Waals surface area (Å²) >= 11 is 0. The van der Waals surface area contributed by atoms with Gasteiger partial charge in [0.05, 0.1) is 23.1 Å². The van der Waals surface area contributed by atoms with Crippen LogP contribution in [0, 0.1) is 0 Å². The normalized spacial score (nSPS) is 11.3. The molecular weight excluding hydrogens is 329 g/mol. The molecule has 1 heterocycles. The number of alkyl halides is 3. The fourth-order valence-corrected chi connectivity index (χ4v) is 2.38. The minimum Gasteiger partial charge on any atom is -0.489 e. The lowest BCUT2D eigenvalue weighted by atomic mass is 10.0. The fourth-order valence-electron chi connectivity index (χ4n) is 2.38. The molecule has 25 heavy (non-hydrogen) atoms. The van der Waals surface area contributed by atoms with Crippen molar-refractivity contribution in [2.75, 3.05) is 5.73 Å². The van der Waals surface area contributed by atoms with Crippen LogP contribution in [0.2, 0.25) is 0 Å². The van der Waals surface area contributed by atoms with Gasteiger partial charge in [-0.15, -0.1) is 0 Å². The molecule has 128 valence electrons. The second kappa shape index (κ2) is 6.84. The van der Waals surface area contributed by atoms with E-state index in [4.69, 9.17) is 10.5 Å². The van der Waals surface area contributed by atoms with Crippen molar-refractivity contribution in [1.29, 1.82) is 0 Å². The number of halogens is 3. The summed E-state index contributed by atoms with van der Waals surface area (Å²) < 4.78 is 45.2. The van der Waals surface area contributed by atoms with Crippen LogP contribution in [0.5, 0.6) is 5.75 Å². The van der Waals surface area contributed by atoms with Crippen molar-refractivity contribution in [3.63, 3.8) is 0 Å². The summed E-state index contributed by atoms with van der Waals surface area (Å²) in [4.78, 5) is 3.85. The van der Waals surface area contributed by atoms with Crippen LogP contribution in [0.15, 0.2) is 66.9 Å². The van der Waals surface area contributed by atoms with Crippen molar-refractivity contribution < 1.29 is 17.9 Å². The van der Waals surface area contributed by atoms with Gasteiger partial charge in [0.15, 0.2) is 0 Å². The number of hydrogen-bond donors (Lipinski definition) is 1. The monoisotopic (exact) mass is 344 g/mol. The average molecular weight is 344 g/mol. The van der Waals surface area contributed by atoms with E-state index in [9.17, 15) is 13.2 Å². The summed E-state index contributed by atoms with van der Waals surface area (Å²) in [6, 6.07) is 16.8. The highest BCUT2D eigenvalue weighted by Crippen LogP contribution is 2.37. The van der Waals surface area contributed by atoms with E-state index in [2.05, 4.69) is 4.98 Å². The molecule has 3 aromatic rings. The summed E-state index contributed by atoms with van der Waals surface area (Å²) in [6.45, 7) is 0.383. The number of anilines is 1. The van der Waals surface area contributed by atoms with E-state index in [1.54, 1.807) is 24.3 Å². The maximum atomic E-state index is 13.2. The first-order valence-corrected chi connectivity index (χ1v) is 7.53. The van der Waals surface area contributed by atoms with Crippen molar-refractivity contribution in [1.82, 2.24) is 4.98 Å². The zero-order valence-electron chi connectivity index (χ0n) is 13.1. The van der Waals surface area contributed by atoms with E-state index in [1.807, 2.05) is 30.3 Å². The molecule has 0 aliphatic rings. The number of nitrogens with zero attached hydrogens (tertiary/aromatic N) is 1. The highest BCUT2D eigenvalue weighted by molar-refractivity contribution is 5.66. The number of nitrogen functional groups attached to an aromatic ring is 1. The van der Waals surface area contributed by atoms with E-state index in [0.717, 1.165) is 11.6 Å². The van der Waals surface area contributed by atoms with Crippen molar-refractivity contribution >= 4 is 5.69 Å². The predicted molar refractivity (Wildman–Crippen MR) is 89.9 cm³/mol. The van der Waals surface area contributed by atoms with Crippen molar-refractivity contribution in [3.05, 3.63) is 78.0 Å². The summed E-state index contributed by atoms with van der Waals surface area (Å²) in [5.74, 6) is 0.566. The summed E-state index contributed by atoms with van der Waals surface area (Å²) in [5, 5.41) is 0. The Bertz CT molecular complexity index is 847. The van der Waals surface area contributed by atoms with Crippen LogP contribution in [0.1, 0.15) is 11.1 Å². The lowest BCUT2D eigenvalue weighted by molar-refractivity contribution is -0.137. The third-order valence-electron chi connectivity index (χ3n) is 3.59. The molecule has 0 aliphatic heterocycles. The van der Waals surface area contributed by atoms with E-state index >= 15 is 0 Å². The molecule has 3 nitrogen and oxygen atoms in total. The Morgan fingerprint density at radius 2 is 1.64 bits per heavy atom. The van der Waals surface area contributed by atoms with Gasteiger partial charge in [0.25, 0.3) is 0 Å². The maximum Gasteiger partial charge on any atom is 0.418 e. The molecule has 3 rings (SSSR count). The first-order valence-electron chi connectivity index (χ1n) is 7.53. The minimum atomic E-state index is -4.53. The third kappa shape index (κ3) is 4.09. The third-order valence-corrected chi connectivity index (χ3v) is 3.59. The van der Waals surface area contributed by atoms with Gasteiger partial charge in [-0.2, -0.15) is 13.2 Å². The Morgan fingerprint density at radius 1 is 0.960 bits per heavy atom. The lowest BCUT2D eigenvalue weighted by Gasteiger charge is -2.13. The Kier molecular flexibility index (Phi) is 4.61. The van der Waals surface area contributed by atoms with E-state index in [0.29, 0.717) is 17.9 Å². The number of rotatable bonds is 4. The largest absolute Gasteiger partial charge is 0.489 e. The van der Waals surface area contributed by atoms with E-state index in [1.165, 1.54) is 6.20 Å². The second-order valence-electron chi connectivity index (χ2n) is 5.46. The molecule has 0 unspecified atom stereocenters. The van der Waals surface area contributed by atoms with Crippen LogP contribution in [-0.4, -0.2) is 4.98 Å². The van der Waals surface area contributed by atoms with Crippen molar-refractivity contribution in [2.45, 2.75) is 12.8 Å². The van der Waals surface area contributed by atoms with Gasteiger partial charge in [0, 0.05) is 5.56 Å². The topological polar surface area (TPSA) is 48.1 Å². The van der Waals surface area contributed by atoms with Gasteiger partial charge in [0.1, 0.15) is 12.4 Å². The molecule has 0 amide bonds. The zero-order valence-corrected chi connectivity index (χ0v) is 13.1. The molecule has 0 spiro atoms. The van der Waals surface area contributed by atoms with Gasteiger partial charge in [-0.25, -0.2) is 0 Å². The summed E-state index contributed by atoms with van der Waals surface area (Å²) in [6.07, 6.45) is -3.31. The molecule has 0 saturated heterocycles. The van der Waals surface area contributed by atoms with E-state index in [-0.39, 0.29) is 11.4 Å². The Hall–Kier alpha value is -3.02. The van der Waals surface area contributed by atoms with Crippen LogP contribution in [0.3, 0.4) is 0 Å². The fraction of sp³-hybridized carbons (Fsp3) is 0.105. The van der Waals surface area contributed by atoms with Gasteiger partial charge in [-0.05, 0) is 35.9 Å². The molecule has 0 bridgehead atoms.